The molecular weight excluding hydrogens is 296 g/mol. The molecule has 0 spiro atoms. The topological polar surface area (TPSA) is 113 Å². The van der Waals surface area contributed by atoms with Crippen LogP contribution in [0.15, 0.2) is 30.3 Å². The first kappa shape index (κ1) is 16.9. The maximum absolute atomic E-state index is 11.8. The number of carbonyl (C=O) groups is 2. The fourth-order valence-corrected chi connectivity index (χ4v) is 2.03. The molecule has 1 rings (SSSR count). The predicted molar refractivity (Wildman–Crippen MR) is 78.3 cm³/mol. The number of nitrogens with one attached hydrogen (secondary N) is 2. The van der Waals surface area contributed by atoms with E-state index in [-0.39, 0.29) is 12.3 Å². The highest BCUT2D eigenvalue weighted by molar-refractivity contribution is 7.89. The van der Waals surface area contributed by atoms with Crippen LogP contribution in [0.4, 0.5) is 0 Å². The third kappa shape index (κ3) is 6.19. The van der Waals surface area contributed by atoms with Crippen molar-refractivity contribution < 1.29 is 23.1 Å². The Hall–Kier alpha value is -2.19. The normalized spacial score (nSPS) is 11.5. The van der Waals surface area contributed by atoms with E-state index in [2.05, 4.69) is 10.0 Å². The van der Waals surface area contributed by atoms with Crippen molar-refractivity contribution in [2.75, 3.05) is 19.3 Å². The van der Waals surface area contributed by atoms with E-state index in [9.17, 15) is 18.0 Å². The Bertz CT molecular complexity index is 652. The molecule has 0 radical (unpaired) electrons. The molecule has 0 unspecified atom stereocenters. The molecule has 1 aromatic rings. The molecule has 1 aromatic carbocycles. The van der Waals surface area contributed by atoms with Gasteiger partial charge in [0.2, 0.25) is 10.0 Å². The third-order valence-corrected chi connectivity index (χ3v) is 3.90. The van der Waals surface area contributed by atoms with Crippen molar-refractivity contribution in [2.45, 2.75) is 0 Å². The van der Waals surface area contributed by atoms with E-state index in [1.165, 1.54) is 19.2 Å². The number of carboxylic acid groups (broad SMARTS) is 1. The van der Waals surface area contributed by atoms with Crippen LogP contribution < -0.4 is 10.0 Å². The van der Waals surface area contributed by atoms with Gasteiger partial charge in [-0.25, -0.2) is 17.9 Å². The minimum atomic E-state index is -3.36. The zero-order valence-electron chi connectivity index (χ0n) is 11.4. The number of carboxylic acids is 1. The van der Waals surface area contributed by atoms with E-state index >= 15 is 0 Å². The van der Waals surface area contributed by atoms with Crippen molar-refractivity contribution >= 4 is 28.0 Å². The van der Waals surface area contributed by atoms with Gasteiger partial charge >= 0.3 is 5.97 Å². The largest absolute Gasteiger partial charge is 0.478 e. The van der Waals surface area contributed by atoms with Gasteiger partial charge in [-0.3, -0.25) is 4.79 Å². The molecule has 0 bridgehead atoms. The number of amides is 1. The average Bonchev–Trinajstić information content (AvgIpc) is 2.45. The summed E-state index contributed by atoms with van der Waals surface area (Å²) in [5, 5.41) is 11.0. The number of aliphatic carboxylic acids is 1. The van der Waals surface area contributed by atoms with Gasteiger partial charge in [0.25, 0.3) is 5.91 Å². The molecule has 0 saturated heterocycles. The van der Waals surface area contributed by atoms with Crippen LogP contribution in [0.25, 0.3) is 6.08 Å². The lowest BCUT2D eigenvalue weighted by Crippen LogP contribution is -2.32. The lowest BCUT2D eigenvalue weighted by molar-refractivity contribution is -0.131. The second kappa shape index (κ2) is 7.55. The summed E-state index contributed by atoms with van der Waals surface area (Å²) in [6, 6.07) is 6.34. The molecule has 0 aliphatic carbocycles. The summed E-state index contributed by atoms with van der Waals surface area (Å²) < 4.78 is 24.5. The predicted octanol–water partition coefficient (Wildman–Crippen LogP) is 0.0634. The molecule has 0 aliphatic rings. The Labute approximate surface area is 122 Å². The first-order valence-corrected chi connectivity index (χ1v) is 7.70. The van der Waals surface area contributed by atoms with Crippen molar-refractivity contribution in [1.29, 1.82) is 0 Å². The minimum absolute atomic E-state index is 0.0167. The molecule has 0 aliphatic heterocycles. The molecule has 0 fully saturated rings. The summed E-state index contributed by atoms with van der Waals surface area (Å²) in [6.07, 6.45) is 2.33. The first-order chi connectivity index (χ1) is 9.84. The molecule has 114 valence electrons. The lowest BCUT2D eigenvalue weighted by atomic mass is 10.1. The monoisotopic (exact) mass is 312 g/mol. The summed E-state index contributed by atoms with van der Waals surface area (Å²) in [5.74, 6) is -1.72. The SMILES string of the molecule is CNS(=O)(=O)CCNC(=O)c1cccc(/C=C/C(=O)O)c1. The minimum Gasteiger partial charge on any atom is -0.478 e. The summed E-state index contributed by atoms with van der Waals surface area (Å²) in [6.45, 7) is -0.0167. The highest BCUT2D eigenvalue weighted by Crippen LogP contribution is 2.07. The Morgan fingerprint density at radius 3 is 2.67 bits per heavy atom. The van der Waals surface area contributed by atoms with Gasteiger partial charge in [0.1, 0.15) is 0 Å². The van der Waals surface area contributed by atoms with Crippen LogP contribution >= 0.6 is 0 Å². The van der Waals surface area contributed by atoms with Crippen molar-refractivity contribution in [3.05, 3.63) is 41.5 Å². The number of hydrogen-bond acceptors (Lipinski definition) is 4. The Kier molecular flexibility index (Phi) is 6.07. The standard InChI is InChI=1S/C13H16N2O5S/c1-14-21(19,20)8-7-15-13(18)11-4-2-3-10(9-11)5-6-12(16)17/h2-6,9,14H,7-8H2,1H3,(H,15,18)(H,16,17)/b6-5+. The van der Waals surface area contributed by atoms with Gasteiger partial charge in [-0.15, -0.1) is 0 Å². The number of rotatable bonds is 7. The summed E-state index contributed by atoms with van der Waals surface area (Å²) in [7, 11) is -2.06. The van der Waals surface area contributed by atoms with Gasteiger partial charge in [-0.1, -0.05) is 12.1 Å². The molecule has 7 nitrogen and oxygen atoms in total. The molecule has 0 heterocycles. The van der Waals surface area contributed by atoms with Crippen molar-refractivity contribution in [3.63, 3.8) is 0 Å². The van der Waals surface area contributed by atoms with Crippen LogP contribution in [0.1, 0.15) is 15.9 Å². The zero-order valence-corrected chi connectivity index (χ0v) is 12.2. The summed E-state index contributed by atoms with van der Waals surface area (Å²) in [5.41, 5.74) is 0.886. The Balaban J connectivity index is 2.66. The fourth-order valence-electron chi connectivity index (χ4n) is 1.45. The van der Waals surface area contributed by atoms with E-state index in [1.807, 2.05) is 0 Å². The molecule has 0 aromatic heterocycles. The first-order valence-electron chi connectivity index (χ1n) is 6.04. The molecule has 0 atom stereocenters. The van der Waals surface area contributed by atoms with Gasteiger partial charge in [0, 0.05) is 18.2 Å². The van der Waals surface area contributed by atoms with Crippen LogP contribution in [0.5, 0.6) is 0 Å². The number of hydrogen-bond donors (Lipinski definition) is 3. The molecule has 8 heteroatoms. The zero-order chi connectivity index (χ0) is 15.9. The second-order valence-corrected chi connectivity index (χ2v) is 6.12. The van der Waals surface area contributed by atoms with Crippen molar-refractivity contribution in [1.82, 2.24) is 10.0 Å². The second-order valence-electron chi connectivity index (χ2n) is 4.08. The number of sulfonamides is 1. The van der Waals surface area contributed by atoms with Gasteiger partial charge < -0.3 is 10.4 Å². The van der Waals surface area contributed by atoms with Crippen LogP contribution in [-0.4, -0.2) is 44.7 Å². The average molecular weight is 312 g/mol. The van der Waals surface area contributed by atoms with Gasteiger partial charge in [0.05, 0.1) is 5.75 Å². The molecule has 3 N–H and O–H groups in total. The van der Waals surface area contributed by atoms with Crippen LogP contribution in [0.3, 0.4) is 0 Å². The van der Waals surface area contributed by atoms with Crippen LogP contribution in [0.2, 0.25) is 0 Å². The lowest BCUT2D eigenvalue weighted by Gasteiger charge is -2.06. The van der Waals surface area contributed by atoms with Crippen LogP contribution in [-0.2, 0) is 14.8 Å². The number of carbonyl (C=O) groups excluding carboxylic acids is 1. The third-order valence-electron chi connectivity index (χ3n) is 2.53. The maximum Gasteiger partial charge on any atom is 0.328 e. The summed E-state index contributed by atoms with van der Waals surface area (Å²) >= 11 is 0. The summed E-state index contributed by atoms with van der Waals surface area (Å²) in [4.78, 5) is 22.3. The molecule has 0 saturated carbocycles. The van der Waals surface area contributed by atoms with E-state index < -0.39 is 21.9 Å². The highest BCUT2D eigenvalue weighted by atomic mass is 32.2. The fraction of sp³-hybridized carbons (Fsp3) is 0.231. The van der Waals surface area contributed by atoms with Crippen molar-refractivity contribution in [3.8, 4) is 0 Å². The Morgan fingerprint density at radius 1 is 1.33 bits per heavy atom. The maximum atomic E-state index is 11.8. The molecular formula is C13H16N2O5S. The van der Waals surface area contributed by atoms with E-state index in [0.717, 1.165) is 6.08 Å². The highest BCUT2D eigenvalue weighted by Gasteiger charge is 2.09. The molecule has 1 amide bonds. The quantitative estimate of drug-likeness (QED) is 0.616. The van der Waals surface area contributed by atoms with Gasteiger partial charge in [-0.2, -0.15) is 0 Å². The smallest absolute Gasteiger partial charge is 0.328 e. The van der Waals surface area contributed by atoms with E-state index in [1.54, 1.807) is 18.2 Å². The van der Waals surface area contributed by atoms with Crippen molar-refractivity contribution in [2.24, 2.45) is 0 Å². The van der Waals surface area contributed by atoms with Gasteiger partial charge in [-0.05, 0) is 30.8 Å². The Morgan fingerprint density at radius 2 is 2.05 bits per heavy atom. The van der Waals surface area contributed by atoms with Gasteiger partial charge in [0.15, 0.2) is 0 Å². The molecule has 21 heavy (non-hydrogen) atoms. The van der Waals surface area contributed by atoms with E-state index in [0.29, 0.717) is 11.1 Å². The van der Waals surface area contributed by atoms with Crippen LogP contribution in [0, 0.1) is 0 Å². The number of benzene rings is 1. The van der Waals surface area contributed by atoms with E-state index in [4.69, 9.17) is 5.11 Å².